The van der Waals surface area contributed by atoms with Crippen LogP contribution in [-0.2, 0) is 0 Å². The molecule has 7 heteroatoms. The van der Waals surface area contributed by atoms with Gasteiger partial charge in [-0.15, -0.1) is 0 Å². The van der Waals surface area contributed by atoms with E-state index in [0.717, 1.165) is 38.6 Å². The third-order valence-corrected chi connectivity index (χ3v) is 5.32. The molecule has 152 valence electrons. The van der Waals surface area contributed by atoms with E-state index < -0.39 is 4.92 Å². The molecule has 0 spiro atoms. The number of pyridine rings is 1. The molecule has 0 saturated heterocycles. The molecular weight excluding hydrogens is 392 g/mol. The smallest absolute Gasteiger partial charge is 0.271 e. The molecule has 31 heavy (non-hydrogen) atoms. The van der Waals surface area contributed by atoms with Gasteiger partial charge in [0.1, 0.15) is 11.4 Å². The Labute approximate surface area is 177 Å². The van der Waals surface area contributed by atoms with Crippen LogP contribution < -0.4 is 4.74 Å². The van der Waals surface area contributed by atoms with Gasteiger partial charge in [-0.25, -0.2) is 4.68 Å². The fourth-order valence-electron chi connectivity index (χ4n) is 3.74. The lowest BCUT2D eigenvalue weighted by atomic mass is 10.1. The van der Waals surface area contributed by atoms with Crippen molar-refractivity contribution in [3.63, 3.8) is 0 Å². The highest BCUT2D eigenvalue weighted by molar-refractivity contribution is 6.09. The fourth-order valence-corrected chi connectivity index (χ4v) is 3.74. The summed E-state index contributed by atoms with van der Waals surface area (Å²) in [7, 11) is 1.62. The maximum Gasteiger partial charge on any atom is 0.271 e. The lowest BCUT2D eigenvalue weighted by Gasteiger charge is -2.07. The summed E-state index contributed by atoms with van der Waals surface area (Å²) in [5.74, 6) is 0.700. The molecule has 0 aliphatic carbocycles. The van der Waals surface area contributed by atoms with E-state index in [-0.39, 0.29) is 5.69 Å². The van der Waals surface area contributed by atoms with Crippen molar-refractivity contribution in [3.8, 4) is 22.7 Å². The Morgan fingerprint density at radius 2 is 1.81 bits per heavy atom. The summed E-state index contributed by atoms with van der Waals surface area (Å²) in [4.78, 5) is 15.6. The molecule has 5 aromatic rings. The minimum absolute atomic E-state index is 0.00831. The van der Waals surface area contributed by atoms with Crippen molar-refractivity contribution in [1.29, 1.82) is 0 Å². The summed E-state index contributed by atoms with van der Waals surface area (Å²) < 4.78 is 7.18. The molecule has 0 amide bonds. The molecule has 0 radical (unpaired) electrons. The van der Waals surface area contributed by atoms with Gasteiger partial charge in [0.05, 0.1) is 28.8 Å². The molecule has 7 nitrogen and oxygen atoms in total. The van der Waals surface area contributed by atoms with E-state index in [0.29, 0.717) is 11.4 Å². The van der Waals surface area contributed by atoms with Gasteiger partial charge in [0.2, 0.25) is 0 Å². The Bertz CT molecular complexity index is 1460. The minimum atomic E-state index is -0.404. The van der Waals surface area contributed by atoms with Crippen molar-refractivity contribution in [2.75, 3.05) is 7.11 Å². The Morgan fingerprint density at radius 1 is 1.00 bits per heavy atom. The van der Waals surface area contributed by atoms with E-state index in [4.69, 9.17) is 9.84 Å². The number of rotatable bonds is 4. The minimum Gasteiger partial charge on any atom is -0.497 e. The molecule has 2 aromatic heterocycles. The zero-order valence-electron chi connectivity index (χ0n) is 16.9. The number of hydrogen-bond donors (Lipinski definition) is 0. The SMILES string of the molecule is COc1ccc2ncc3c(-c4ccc(C)cc4)nn(-c4cccc([N+](=O)[O-])c4)c3c2c1. The fraction of sp³-hybridized carbons (Fsp3) is 0.0833. The highest BCUT2D eigenvalue weighted by Crippen LogP contribution is 2.35. The van der Waals surface area contributed by atoms with Gasteiger partial charge in [-0.3, -0.25) is 15.1 Å². The number of aryl methyl sites for hydroxylation is 1. The lowest BCUT2D eigenvalue weighted by molar-refractivity contribution is -0.384. The number of nitro groups is 1. The van der Waals surface area contributed by atoms with Crippen molar-refractivity contribution < 1.29 is 9.66 Å². The molecule has 0 bridgehead atoms. The zero-order chi connectivity index (χ0) is 21.5. The molecule has 3 aromatic carbocycles. The number of methoxy groups -OCH3 is 1. The van der Waals surface area contributed by atoms with Crippen molar-refractivity contribution in [2.45, 2.75) is 6.92 Å². The summed E-state index contributed by atoms with van der Waals surface area (Å²) >= 11 is 0. The molecule has 0 atom stereocenters. The molecule has 0 saturated carbocycles. The van der Waals surface area contributed by atoms with Crippen LogP contribution >= 0.6 is 0 Å². The Kier molecular flexibility index (Phi) is 4.36. The van der Waals surface area contributed by atoms with Crippen LogP contribution in [0.1, 0.15) is 5.56 Å². The average molecular weight is 410 g/mol. The van der Waals surface area contributed by atoms with E-state index in [1.165, 1.54) is 12.1 Å². The van der Waals surface area contributed by atoms with Gasteiger partial charge in [-0.05, 0) is 31.2 Å². The summed E-state index contributed by atoms with van der Waals surface area (Å²) in [6.07, 6.45) is 1.81. The molecule has 0 fully saturated rings. The molecular formula is C24H18N4O3. The second kappa shape index (κ2) is 7.21. The average Bonchev–Trinajstić information content (AvgIpc) is 3.19. The highest BCUT2D eigenvalue weighted by Gasteiger charge is 2.19. The standard InChI is InChI=1S/C24H18N4O3/c1-15-6-8-16(9-7-15)23-21-14-25-22-11-10-19(31-2)13-20(22)24(21)27(26-23)17-4-3-5-18(12-17)28(29)30/h3-14H,1-2H3. The molecule has 5 rings (SSSR count). The number of nitro benzene ring substituents is 1. The van der Waals surface area contributed by atoms with Gasteiger partial charge in [0, 0.05) is 34.7 Å². The van der Waals surface area contributed by atoms with Crippen molar-refractivity contribution in [1.82, 2.24) is 14.8 Å². The number of ether oxygens (including phenoxy) is 1. The first-order valence-electron chi connectivity index (χ1n) is 9.72. The quantitative estimate of drug-likeness (QED) is 0.290. The van der Waals surface area contributed by atoms with Gasteiger partial charge in [-0.1, -0.05) is 35.9 Å². The van der Waals surface area contributed by atoms with Crippen LogP contribution in [0.3, 0.4) is 0 Å². The molecule has 0 unspecified atom stereocenters. The van der Waals surface area contributed by atoms with E-state index in [1.54, 1.807) is 24.1 Å². The number of non-ortho nitro benzene ring substituents is 1. The summed E-state index contributed by atoms with van der Waals surface area (Å²) in [5.41, 5.74) is 5.08. The van der Waals surface area contributed by atoms with Crippen molar-refractivity contribution in [3.05, 3.63) is 88.6 Å². The number of aromatic nitrogens is 3. The summed E-state index contributed by atoms with van der Waals surface area (Å²) in [5, 5.41) is 17.9. The second-order valence-corrected chi connectivity index (χ2v) is 7.31. The number of benzene rings is 3. The van der Waals surface area contributed by atoms with Gasteiger partial charge in [0.15, 0.2) is 0 Å². The molecule has 0 N–H and O–H groups in total. The van der Waals surface area contributed by atoms with E-state index in [9.17, 15) is 10.1 Å². The topological polar surface area (TPSA) is 83.1 Å². The van der Waals surface area contributed by atoms with Crippen LogP contribution in [0.5, 0.6) is 5.75 Å². The van der Waals surface area contributed by atoms with Crippen LogP contribution in [0.2, 0.25) is 0 Å². The van der Waals surface area contributed by atoms with Gasteiger partial charge in [0.25, 0.3) is 5.69 Å². The lowest BCUT2D eigenvalue weighted by Crippen LogP contribution is -1.99. The van der Waals surface area contributed by atoms with Crippen LogP contribution in [0.15, 0.2) is 72.9 Å². The van der Waals surface area contributed by atoms with Crippen molar-refractivity contribution in [2.24, 2.45) is 0 Å². The molecule has 2 heterocycles. The Balaban J connectivity index is 1.88. The third kappa shape index (κ3) is 3.16. The van der Waals surface area contributed by atoms with E-state index in [1.807, 2.05) is 55.5 Å². The molecule has 0 aliphatic rings. The third-order valence-electron chi connectivity index (χ3n) is 5.32. The predicted octanol–water partition coefficient (Wildman–Crippen LogP) is 5.47. The van der Waals surface area contributed by atoms with Gasteiger partial charge < -0.3 is 4.74 Å². The predicted molar refractivity (Wildman–Crippen MR) is 120 cm³/mol. The maximum absolute atomic E-state index is 11.4. The first-order valence-corrected chi connectivity index (χ1v) is 9.72. The van der Waals surface area contributed by atoms with Crippen LogP contribution in [0, 0.1) is 17.0 Å². The zero-order valence-corrected chi connectivity index (χ0v) is 16.9. The van der Waals surface area contributed by atoms with E-state index >= 15 is 0 Å². The maximum atomic E-state index is 11.4. The second-order valence-electron chi connectivity index (χ2n) is 7.31. The number of fused-ring (bicyclic) bond motifs is 3. The van der Waals surface area contributed by atoms with Crippen LogP contribution in [0.4, 0.5) is 5.69 Å². The van der Waals surface area contributed by atoms with Gasteiger partial charge in [-0.2, -0.15) is 5.10 Å². The van der Waals surface area contributed by atoms with Crippen LogP contribution in [0.25, 0.3) is 38.8 Å². The molecule has 0 aliphatic heterocycles. The van der Waals surface area contributed by atoms with Gasteiger partial charge >= 0.3 is 0 Å². The number of hydrogen-bond acceptors (Lipinski definition) is 5. The van der Waals surface area contributed by atoms with Crippen LogP contribution in [-0.4, -0.2) is 26.8 Å². The summed E-state index contributed by atoms with van der Waals surface area (Å²) in [6, 6.07) is 20.2. The Morgan fingerprint density at radius 3 is 2.55 bits per heavy atom. The Hall–Kier alpha value is -4.26. The van der Waals surface area contributed by atoms with E-state index in [2.05, 4.69) is 4.98 Å². The first kappa shape index (κ1) is 18.7. The normalized spacial score (nSPS) is 11.2. The monoisotopic (exact) mass is 410 g/mol. The largest absolute Gasteiger partial charge is 0.497 e. The summed E-state index contributed by atoms with van der Waals surface area (Å²) in [6.45, 7) is 2.03. The first-order chi connectivity index (χ1) is 15.0. The highest BCUT2D eigenvalue weighted by atomic mass is 16.6. The number of nitrogens with zero attached hydrogens (tertiary/aromatic N) is 4. The van der Waals surface area contributed by atoms with Crippen molar-refractivity contribution >= 4 is 27.5 Å².